The van der Waals surface area contributed by atoms with Gasteiger partial charge in [-0.15, -0.1) is 0 Å². The fraction of sp³-hybridized carbons (Fsp3) is 0.143. The average molecular weight is 386 g/mol. The third-order valence-electron chi connectivity index (χ3n) is 2.93. The second-order valence-corrected chi connectivity index (χ2v) is 7.62. The Hall–Kier alpha value is -0.510. The van der Waals surface area contributed by atoms with Gasteiger partial charge in [-0.05, 0) is 36.4 Å². The van der Waals surface area contributed by atoms with Crippen LogP contribution < -0.4 is 0 Å². The van der Waals surface area contributed by atoms with Crippen molar-refractivity contribution in [1.29, 1.82) is 0 Å². The zero-order chi connectivity index (χ0) is 15.8. The highest BCUT2D eigenvalue weighted by molar-refractivity contribution is 6.68. The maximum Gasteiger partial charge on any atom is 0.201 e. The molecule has 0 saturated heterocycles. The van der Waals surface area contributed by atoms with Crippen molar-refractivity contribution in [2.24, 2.45) is 0 Å². The van der Waals surface area contributed by atoms with Crippen LogP contribution in [0.5, 0.6) is 11.5 Å². The predicted molar refractivity (Wildman–Crippen MR) is 88.4 cm³/mol. The number of phenolic OH excluding ortho intramolecular Hbond substituents is 2. The molecule has 0 amide bonds. The van der Waals surface area contributed by atoms with Crippen LogP contribution in [-0.2, 0) is 0 Å². The molecule has 0 spiro atoms. The highest BCUT2D eigenvalue weighted by Gasteiger charge is 2.38. The highest BCUT2D eigenvalue weighted by Crippen LogP contribution is 2.50. The summed E-state index contributed by atoms with van der Waals surface area (Å²) in [6.45, 7) is 0. The van der Waals surface area contributed by atoms with Gasteiger partial charge in [0.05, 0.1) is 5.92 Å². The summed E-state index contributed by atoms with van der Waals surface area (Å²) in [6, 6.07) is 8.75. The average Bonchev–Trinajstić information content (AvgIpc) is 2.36. The lowest BCUT2D eigenvalue weighted by molar-refractivity contribution is 0.454. The van der Waals surface area contributed by atoms with Crippen LogP contribution in [0.15, 0.2) is 36.4 Å². The molecule has 2 rings (SSSR count). The smallest absolute Gasteiger partial charge is 0.201 e. The van der Waals surface area contributed by atoms with Crippen LogP contribution in [0.2, 0.25) is 10.0 Å². The maximum atomic E-state index is 10.0. The minimum Gasteiger partial charge on any atom is -0.508 e. The van der Waals surface area contributed by atoms with Crippen molar-refractivity contribution in [1.82, 2.24) is 0 Å². The topological polar surface area (TPSA) is 40.5 Å². The van der Waals surface area contributed by atoms with E-state index >= 15 is 0 Å². The molecular weight excluding hydrogens is 377 g/mol. The molecule has 0 unspecified atom stereocenters. The standard InChI is InChI=1S/C14H9Cl5O2/c15-7-1-3-11(20)9(5-7)13(14(17,18)19)10-6-8(16)2-4-12(10)21/h1-6,13,20-21H. The summed E-state index contributed by atoms with van der Waals surface area (Å²) in [5.74, 6) is -1.15. The Bertz CT molecular complexity index is 615. The van der Waals surface area contributed by atoms with Gasteiger partial charge >= 0.3 is 0 Å². The number of phenols is 2. The second-order valence-electron chi connectivity index (χ2n) is 4.38. The largest absolute Gasteiger partial charge is 0.508 e. The molecule has 21 heavy (non-hydrogen) atoms. The quantitative estimate of drug-likeness (QED) is 0.630. The molecule has 0 saturated carbocycles. The summed E-state index contributed by atoms with van der Waals surface area (Å²) in [5.41, 5.74) is 0.556. The summed E-state index contributed by atoms with van der Waals surface area (Å²) < 4.78 is -1.83. The molecule has 112 valence electrons. The molecule has 2 N–H and O–H groups in total. The van der Waals surface area contributed by atoms with Crippen molar-refractivity contribution >= 4 is 58.0 Å². The molecule has 0 aliphatic carbocycles. The Balaban J connectivity index is 2.70. The molecular formula is C14H9Cl5O2. The van der Waals surface area contributed by atoms with Crippen molar-refractivity contribution in [2.45, 2.75) is 9.71 Å². The monoisotopic (exact) mass is 384 g/mol. The van der Waals surface area contributed by atoms with Crippen LogP contribution in [0.4, 0.5) is 0 Å². The Morgan fingerprint density at radius 1 is 0.762 bits per heavy atom. The summed E-state index contributed by atoms with van der Waals surface area (Å²) in [7, 11) is 0. The van der Waals surface area contributed by atoms with Gasteiger partial charge in [0.25, 0.3) is 0 Å². The fourth-order valence-corrected chi connectivity index (χ4v) is 3.10. The van der Waals surface area contributed by atoms with E-state index in [0.29, 0.717) is 10.0 Å². The Labute approximate surface area is 146 Å². The zero-order valence-electron chi connectivity index (χ0n) is 10.3. The van der Waals surface area contributed by atoms with Gasteiger partial charge in [-0.25, -0.2) is 0 Å². The molecule has 0 radical (unpaired) electrons. The molecule has 0 bridgehead atoms. The van der Waals surface area contributed by atoms with E-state index in [1.165, 1.54) is 36.4 Å². The second kappa shape index (κ2) is 6.31. The van der Waals surface area contributed by atoms with Gasteiger partial charge in [-0.2, -0.15) is 0 Å². The fourth-order valence-electron chi connectivity index (χ4n) is 2.03. The summed E-state index contributed by atoms with van der Waals surface area (Å²) in [4.78, 5) is 0. The molecule has 0 aliphatic rings. The molecule has 2 aromatic carbocycles. The molecule has 0 heterocycles. The number of hydrogen-bond acceptors (Lipinski definition) is 2. The molecule has 2 aromatic rings. The van der Waals surface area contributed by atoms with Crippen molar-refractivity contribution in [3.63, 3.8) is 0 Å². The number of aromatic hydroxyl groups is 2. The van der Waals surface area contributed by atoms with Crippen LogP contribution in [0.3, 0.4) is 0 Å². The van der Waals surface area contributed by atoms with E-state index in [9.17, 15) is 10.2 Å². The Kier molecular flexibility index (Phi) is 5.07. The van der Waals surface area contributed by atoms with Gasteiger partial charge in [0.1, 0.15) is 11.5 Å². The van der Waals surface area contributed by atoms with Gasteiger partial charge in [-0.3, -0.25) is 0 Å². The molecule has 0 atom stereocenters. The van der Waals surface area contributed by atoms with Crippen molar-refractivity contribution in [2.75, 3.05) is 0 Å². The lowest BCUT2D eigenvalue weighted by Gasteiger charge is -2.27. The highest BCUT2D eigenvalue weighted by atomic mass is 35.6. The Morgan fingerprint density at radius 3 is 1.48 bits per heavy atom. The molecule has 7 heteroatoms. The van der Waals surface area contributed by atoms with Crippen LogP contribution in [0.25, 0.3) is 0 Å². The van der Waals surface area contributed by atoms with E-state index in [-0.39, 0.29) is 22.6 Å². The number of hydrogen-bond donors (Lipinski definition) is 2. The van der Waals surface area contributed by atoms with Crippen molar-refractivity contribution in [3.05, 3.63) is 57.6 Å². The van der Waals surface area contributed by atoms with E-state index in [2.05, 4.69) is 0 Å². The van der Waals surface area contributed by atoms with Crippen LogP contribution in [-0.4, -0.2) is 14.0 Å². The van der Waals surface area contributed by atoms with Gasteiger partial charge in [0, 0.05) is 21.2 Å². The molecule has 0 aliphatic heterocycles. The third-order valence-corrected chi connectivity index (χ3v) is 4.05. The van der Waals surface area contributed by atoms with Crippen molar-refractivity contribution in [3.8, 4) is 11.5 Å². The van der Waals surface area contributed by atoms with E-state index in [4.69, 9.17) is 58.0 Å². The summed E-state index contributed by atoms with van der Waals surface area (Å²) in [5, 5.41) is 20.8. The van der Waals surface area contributed by atoms with Crippen LogP contribution in [0.1, 0.15) is 17.0 Å². The van der Waals surface area contributed by atoms with Gasteiger partial charge in [-0.1, -0.05) is 58.0 Å². The van der Waals surface area contributed by atoms with Crippen molar-refractivity contribution < 1.29 is 10.2 Å². The normalized spacial score (nSPS) is 11.9. The first-order chi connectivity index (χ1) is 9.70. The molecule has 0 aromatic heterocycles. The van der Waals surface area contributed by atoms with E-state index < -0.39 is 9.71 Å². The van der Waals surface area contributed by atoms with Gasteiger partial charge in [0.2, 0.25) is 3.79 Å². The first kappa shape index (κ1) is 16.9. The predicted octanol–water partition coefficient (Wildman–Crippen LogP) is 5.91. The van der Waals surface area contributed by atoms with Gasteiger partial charge < -0.3 is 10.2 Å². The first-order valence-electron chi connectivity index (χ1n) is 5.73. The third kappa shape index (κ3) is 3.82. The summed E-state index contributed by atoms with van der Waals surface area (Å²) >= 11 is 30.0. The van der Waals surface area contributed by atoms with E-state index in [1.807, 2.05) is 0 Å². The van der Waals surface area contributed by atoms with E-state index in [1.54, 1.807) is 0 Å². The Morgan fingerprint density at radius 2 is 1.14 bits per heavy atom. The minimum absolute atomic E-state index is 0.102. The van der Waals surface area contributed by atoms with E-state index in [0.717, 1.165) is 0 Å². The number of rotatable bonds is 2. The zero-order valence-corrected chi connectivity index (χ0v) is 14.1. The first-order valence-corrected chi connectivity index (χ1v) is 7.62. The number of alkyl halides is 3. The molecule has 2 nitrogen and oxygen atoms in total. The molecule has 0 fully saturated rings. The maximum absolute atomic E-state index is 10.0. The van der Waals surface area contributed by atoms with Crippen LogP contribution >= 0.6 is 58.0 Å². The van der Waals surface area contributed by atoms with Crippen LogP contribution in [0, 0.1) is 0 Å². The lowest BCUT2D eigenvalue weighted by Crippen LogP contribution is -2.19. The number of halogens is 5. The minimum atomic E-state index is -1.83. The summed E-state index contributed by atoms with van der Waals surface area (Å²) in [6.07, 6.45) is 0. The lowest BCUT2D eigenvalue weighted by atomic mass is 9.91. The van der Waals surface area contributed by atoms with Gasteiger partial charge in [0.15, 0.2) is 0 Å². The SMILES string of the molecule is Oc1ccc(Cl)cc1C(c1cc(Cl)ccc1O)C(Cl)(Cl)Cl. The number of benzene rings is 2.